The van der Waals surface area contributed by atoms with Crippen LogP contribution in [0.1, 0.15) is 12.8 Å². The van der Waals surface area contributed by atoms with Gasteiger partial charge in [-0.25, -0.2) is 22.8 Å². The van der Waals surface area contributed by atoms with Crippen LogP contribution in [0.25, 0.3) is 0 Å². The fraction of sp³-hybridized carbons (Fsp3) is 0.500. The van der Waals surface area contributed by atoms with E-state index in [0.29, 0.717) is 38.1 Å². The molecule has 1 N–H and O–H groups in total. The zero-order valence-corrected chi connectivity index (χ0v) is 13.5. The number of likely N-dealkylation sites (tertiary alicyclic amines) is 1. The van der Waals surface area contributed by atoms with Crippen molar-refractivity contribution in [2.45, 2.75) is 30.6 Å². The number of rotatable bonds is 3. The summed E-state index contributed by atoms with van der Waals surface area (Å²) in [6, 6.07) is 1.08. The Hall–Kier alpha value is -2.65. The van der Waals surface area contributed by atoms with Gasteiger partial charge in [0.2, 0.25) is 0 Å². The summed E-state index contributed by atoms with van der Waals surface area (Å²) >= 11 is 0. The number of nitrogens with zero attached hydrogens (tertiary/aromatic N) is 1. The van der Waals surface area contributed by atoms with Crippen molar-refractivity contribution < 1.29 is 37.0 Å². The van der Waals surface area contributed by atoms with Crippen LogP contribution in [-0.2, 0) is 9.47 Å². The number of alkyl carbamates (subject to hydrolysis) is 1. The van der Waals surface area contributed by atoms with Gasteiger partial charge in [0, 0.05) is 25.0 Å². The quantitative estimate of drug-likeness (QED) is 0.821. The van der Waals surface area contributed by atoms with E-state index in [-0.39, 0.29) is 12.4 Å². The SMILES string of the molecule is O=C1NC2(CO1)CN(C(=O)O[C@H]1C[C@@H](Oc3cc(F)c(F)cc3F)C1)C2. The number of halogens is 3. The van der Waals surface area contributed by atoms with Gasteiger partial charge in [-0.2, -0.15) is 0 Å². The first kappa shape index (κ1) is 16.8. The molecule has 140 valence electrons. The van der Waals surface area contributed by atoms with Crippen molar-refractivity contribution in [3.05, 3.63) is 29.6 Å². The molecule has 1 aromatic carbocycles. The molecule has 0 aromatic heterocycles. The number of hydrogen-bond acceptors (Lipinski definition) is 5. The Morgan fingerprint density at radius 1 is 1.15 bits per heavy atom. The predicted octanol–water partition coefficient (Wildman–Crippen LogP) is 1.94. The first-order valence-electron chi connectivity index (χ1n) is 8.05. The van der Waals surface area contributed by atoms with Gasteiger partial charge in [-0.1, -0.05) is 0 Å². The Kier molecular flexibility index (Phi) is 3.85. The van der Waals surface area contributed by atoms with Crippen LogP contribution in [0, 0.1) is 17.5 Å². The van der Waals surface area contributed by atoms with Gasteiger partial charge in [0.25, 0.3) is 0 Å². The fourth-order valence-corrected chi connectivity index (χ4v) is 3.18. The number of benzene rings is 1. The number of ether oxygens (including phenoxy) is 3. The van der Waals surface area contributed by atoms with E-state index in [0.717, 1.165) is 0 Å². The van der Waals surface area contributed by atoms with E-state index in [1.165, 1.54) is 4.90 Å². The second-order valence-corrected chi connectivity index (χ2v) is 6.75. The minimum Gasteiger partial charge on any atom is -0.487 e. The van der Waals surface area contributed by atoms with Crippen molar-refractivity contribution in [1.29, 1.82) is 0 Å². The van der Waals surface area contributed by atoms with Gasteiger partial charge in [0.1, 0.15) is 24.4 Å². The van der Waals surface area contributed by atoms with Crippen molar-refractivity contribution >= 4 is 12.2 Å². The number of nitrogens with one attached hydrogen (secondary N) is 1. The van der Waals surface area contributed by atoms with E-state index in [9.17, 15) is 22.8 Å². The number of carbonyl (C=O) groups is 2. The van der Waals surface area contributed by atoms with Crippen LogP contribution < -0.4 is 10.1 Å². The normalized spacial score (nSPS) is 25.8. The summed E-state index contributed by atoms with van der Waals surface area (Å²) in [7, 11) is 0. The molecule has 2 aliphatic heterocycles. The maximum absolute atomic E-state index is 13.5. The Balaban J connectivity index is 1.22. The standard InChI is InChI=1S/C16H15F3N2O5/c17-10-3-12(19)13(4-11(10)18)25-8-1-9(2-8)26-15(23)21-5-16(6-21)7-24-14(22)20-16/h3-4,8-9H,1-2,5-7H2,(H,20,22)/t8-,9+. The van der Waals surface area contributed by atoms with Gasteiger partial charge >= 0.3 is 12.2 Å². The molecule has 1 spiro atoms. The van der Waals surface area contributed by atoms with Gasteiger partial charge in [-0.05, 0) is 0 Å². The van der Waals surface area contributed by atoms with Crippen LogP contribution in [0.2, 0.25) is 0 Å². The van der Waals surface area contributed by atoms with Crippen LogP contribution >= 0.6 is 0 Å². The molecule has 3 fully saturated rings. The summed E-state index contributed by atoms with van der Waals surface area (Å²) in [5.74, 6) is -3.85. The van der Waals surface area contributed by atoms with Crippen LogP contribution in [0.4, 0.5) is 22.8 Å². The second kappa shape index (κ2) is 5.96. The monoisotopic (exact) mass is 372 g/mol. The Bertz CT molecular complexity index is 762. The predicted molar refractivity (Wildman–Crippen MR) is 79.0 cm³/mol. The number of cyclic esters (lactones) is 1. The number of carbonyl (C=O) groups excluding carboxylic acids is 2. The Labute approximate surface area is 146 Å². The van der Waals surface area contributed by atoms with Crippen molar-refractivity contribution in [2.24, 2.45) is 0 Å². The maximum atomic E-state index is 13.5. The molecule has 0 unspecified atom stereocenters. The third-order valence-electron chi connectivity index (χ3n) is 4.68. The average molecular weight is 372 g/mol. The van der Waals surface area contributed by atoms with Gasteiger partial charge < -0.3 is 24.4 Å². The molecule has 0 radical (unpaired) electrons. The molecule has 0 atom stereocenters. The lowest BCUT2D eigenvalue weighted by molar-refractivity contribution is -0.0509. The Morgan fingerprint density at radius 2 is 1.85 bits per heavy atom. The van der Waals surface area contributed by atoms with Gasteiger partial charge in [0.15, 0.2) is 23.2 Å². The molecule has 1 saturated carbocycles. The topological polar surface area (TPSA) is 77.1 Å². The number of amides is 2. The van der Waals surface area contributed by atoms with Crippen LogP contribution in [0.5, 0.6) is 5.75 Å². The first-order valence-corrected chi connectivity index (χ1v) is 8.05. The van der Waals surface area contributed by atoms with E-state index in [4.69, 9.17) is 14.2 Å². The Morgan fingerprint density at radius 3 is 2.50 bits per heavy atom. The van der Waals surface area contributed by atoms with E-state index < -0.39 is 47.4 Å². The van der Waals surface area contributed by atoms with E-state index in [2.05, 4.69) is 5.32 Å². The van der Waals surface area contributed by atoms with Gasteiger partial charge in [-0.15, -0.1) is 0 Å². The molecular weight excluding hydrogens is 357 g/mol. The minimum absolute atomic E-state index is 0.217. The zero-order chi connectivity index (χ0) is 18.5. The third kappa shape index (κ3) is 2.99. The number of hydrogen-bond donors (Lipinski definition) is 1. The minimum atomic E-state index is -1.29. The van der Waals surface area contributed by atoms with Crippen LogP contribution in [0.3, 0.4) is 0 Å². The van der Waals surface area contributed by atoms with Crippen LogP contribution in [0.15, 0.2) is 12.1 Å². The lowest BCUT2D eigenvalue weighted by Gasteiger charge is -2.46. The van der Waals surface area contributed by atoms with E-state index in [1.54, 1.807) is 0 Å². The molecule has 10 heteroatoms. The van der Waals surface area contributed by atoms with Crippen LogP contribution in [-0.4, -0.2) is 54.5 Å². The lowest BCUT2D eigenvalue weighted by Crippen LogP contribution is -2.70. The third-order valence-corrected chi connectivity index (χ3v) is 4.68. The highest BCUT2D eigenvalue weighted by Crippen LogP contribution is 2.32. The van der Waals surface area contributed by atoms with Crippen molar-refractivity contribution in [1.82, 2.24) is 10.2 Å². The van der Waals surface area contributed by atoms with E-state index >= 15 is 0 Å². The highest BCUT2D eigenvalue weighted by atomic mass is 19.2. The fourth-order valence-electron chi connectivity index (χ4n) is 3.18. The molecule has 1 aliphatic carbocycles. The summed E-state index contributed by atoms with van der Waals surface area (Å²) in [6.45, 7) is 0.837. The molecule has 2 heterocycles. The van der Waals surface area contributed by atoms with Gasteiger partial charge in [-0.3, -0.25) is 0 Å². The largest absolute Gasteiger partial charge is 0.487 e. The molecule has 4 rings (SSSR count). The van der Waals surface area contributed by atoms with Crippen molar-refractivity contribution in [3.63, 3.8) is 0 Å². The average Bonchev–Trinajstić information content (AvgIpc) is 2.91. The molecular formula is C16H15F3N2O5. The maximum Gasteiger partial charge on any atom is 0.410 e. The highest BCUT2D eigenvalue weighted by Gasteiger charge is 2.52. The molecule has 0 bridgehead atoms. The lowest BCUT2D eigenvalue weighted by atomic mass is 9.91. The summed E-state index contributed by atoms with van der Waals surface area (Å²) in [6.07, 6.45) is -1.21. The molecule has 2 saturated heterocycles. The first-order chi connectivity index (χ1) is 12.3. The molecule has 3 aliphatic rings. The summed E-state index contributed by atoms with van der Waals surface area (Å²) in [5, 5.41) is 2.66. The van der Waals surface area contributed by atoms with E-state index in [1.807, 2.05) is 0 Å². The van der Waals surface area contributed by atoms with Gasteiger partial charge in [0.05, 0.1) is 13.1 Å². The van der Waals surface area contributed by atoms with Crippen molar-refractivity contribution in [3.8, 4) is 5.75 Å². The molecule has 26 heavy (non-hydrogen) atoms. The summed E-state index contributed by atoms with van der Waals surface area (Å²) in [4.78, 5) is 24.5. The zero-order valence-electron chi connectivity index (χ0n) is 13.5. The second-order valence-electron chi connectivity index (χ2n) is 6.75. The van der Waals surface area contributed by atoms with Crippen molar-refractivity contribution in [2.75, 3.05) is 19.7 Å². The highest BCUT2D eigenvalue weighted by molar-refractivity contribution is 5.74. The smallest absolute Gasteiger partial charge is 0.410 e. The molecule has 2 amide bonds. The summed E-state index contributed by atoms with van der Waals surface area (Å²) in [5.41, 5.74) is -0.522. The summed E-state index contributed by atoms with van der Waals surface area (Å²) < 4.78 is 54.9. The molecule has 1 aromatic rings. The molecule has 7 nitrogen and oxygen atoms in total.